The molecule has 0 bridgehead atoms. The van der Waals surface area contributed by atoms with Crippen LogP contribution in [0, 0.1) is 0 Å². The van der Waals surface area contributed by atoms with E-state index in [1.807, 2.05) is 42.5 Å². The van der Waals surface area contributed by atoms with Gasteiger partial charge in [0.1, 0.15) is 5.92 Å². The minimum absolute atomic E-state index is 0.0231. The molecule has 0 aliphatic carbocycles. The molecule has 0 fully saturated rings. The molecular weight excluding hydrogens is 370 g/mol. The van der Waals surface area contributed by atoms with Crippen LogP contribution in [0.15, 0.2) is 77.8 Å². The lowest BCUT2D eigenvalue weighted by molar-refractivity contribution is -0.115. The van der Waals surface area contributed by atoms with E-state index in [4.69, 9.17) is 4.99 Å². The minimum atomic E-state index is -0.422. The first kappa shape index (κ1) is 20.0. The van der Waals surface area contributed by atoms with E-state index in [9.17, 15) is 4.79 Å². The Morgan fingerprint density at radius 2 is 1.67 bits per heavy atom. The third-order valence-corrected chi connectivity index (χ3v) is 5.38. The number of aryl methyl sites for hydroxylation is 1. The molecule has 1 N–H and O–H groups in total. The number of fused-ring (bicyclic) bond motifs is 1. The zero-order chi connectivity index (χ0) is 21.1. The second-order valence-electron chi connectivity index (χ2n) is 7.96. The zero-order valence-electron chi connectivity index (χ0n) is 17.7. The van der Waals surface area contributed by atoms with Crippen molar-refractivity contribution >= 4 is 23.0 Å². The van der Waals surface area contributed by atoms with Gasteiger partial charge in [0.15, 0.2) is 0 Å². The molecule has 3 aromatic carbocycles. The number of aliphatic imine (C=N–C) groups is 1. The Morgan fingerprint density at radius 1 is 0.967 bits per heavy atom. The van der Waals surface area contributed by atoms with Gasteiger partial charge in [-0.3, -0.25) is 9.79 Å². The predicted octanol–water partition coefficient (Wildman–Crippen LogP) is 5.17. The van der Waals surface area contributed by atoms with Gasteiger partial charge in [-0.1, -0.05) is 61.5 Å². The first-order valence-corrected chi connectivity index (χ1v) is 10.4. The average molecular weight is 398 g/mol. The number of carbonyl (C=O) groups excluding carboxylic acids is 1. The molecule has 4 rings (SSSR count). The molecule has 0 aromatic heterocycles. The molecule has 3 aromatic rings. The van der Waals surface area contributed by atoms with Crippen LogP contribution in [-0.4, -0.2) is 30.6 Å². The lowest BCUT2D eigenvalue weighted by atomic mass is 9.90. The Labute approximate surface area is 178 Å². The van der Waals surface area contributed by atoms with Crippen LogP contribution >= 0.6 is 0 Å². The highest BCUT2D eigenvalue weighted by Crippen LogP contribution is 2.37. The molecule has 30 heavy (non-hydrogen) atoms. The van der Waals surface area contributed by atoms with Crippen molar-refractivity contribution < 1.29 is 4.79 Å². The van der Waals surface area contributed by atoms with Gasteiger partial charge in [0.05, 0.1) is 11.4 Å². The molecular formula is C26H27N3O. The number of nitrogens with zero attached hydrogens (tertiary/aromatic N) is 2. The van der Waals surface area contributed by atoms with Crippen LogP contribution in [0.4, 0.5) is 11.4 Å². The number of hydrogen-bond acceptors (Lipinski definition) is 3. The van der Waals surface area contributed by atoms with Gasteiger partial charge in [0, 0.05) is 12.2 Å². The van der Waals surface area contributed by atoms with Crippen LogP contribution in [0.3, 0.4) is 0 Å². The number of benzene rings is 3. The Morgan fingerprint density at radius 3 is 2.33 bits per heavy atom. The number of amides is 1. The maximum Gasteiger partial charge on any atom is 0.238 e. The molecule has 1 amide bonds. The SMILES string of the molecule is CCc1ccc2c(c1)NC(=O)C2C(=Nc1ccc(CN(C)C)cc1)c1ccccc1. The van der Waals surface area contributed by atoms with Crippen molar-refractivity contribution in [3.63, 3.8) is 0 Å². The number of hydrogen-bond donors (Lipinski definition) is 1. The molecule has 1 heterocycles. The van der Waals surface area contributed by atoms with Crippen LogP contribution in [0.1, 0.15) is 35.1 Å². The van der Waals surface area contributed by atoms with Crippen molar-refractivity contribution in [1.29, 1.82) is 0 Å². The quantitative estimate of drug-likeness (QED) is 0.584. The second-order valence-corrected chi connectivity index (χ2v) is 7.96. The summed E-state index contributed by atoms with van der Waals surface area (Å²) in [7, 11) is 4.11. The highest BCUT2D eigenvalue weighted by Gasteiger charge is 2.35. The smallest absolute Gasteiger partial charge is 0.238 e. The van der Waals surface area contributed by atoms with Gasteiger partial charge >= 0.3 is 0 Å². The van der Waals surface area contributed by atoms with Gasteiger partial charge in [-0.15, -0.1) is 0 Å². The summed E-state index contributed by atoms with van der Waals surface area (Å²) < 4.78 is 0. The molecule has 4 nitrogen and oxygen atoms in total. The van der Waals surface area contributed by atoms with Crippen LogP contribution in [0.2, 0.25) is 0 Å². The lowest BCUT2D eigenvalue weighted by Crippen LogP contribution is -2.21. The number of anilines is 1. The molecule has 1 aliphatic rings. The highest BCUT2D eigenvalue weighted by atomic mass is 16.2. The van der Waals surface area contributed by atoms with E-state index in [0.29, 0.717) is 0 Å². The van der Waals surface area contributed by atoms with Crippen LogP contribution in [0.25, 0.3) is 0 Å². The molecule has 1 aliphatic heterocycles. The van der Waals surface area contributed by atoms with Crippen molar-refractivity contribution in [1.82, 2.24) is 4.90 Å². The van der Waals surface area contributed by atoms with Gasteiger partial charge in [-0.25, -0.2) is 0 Å². The molecule has 1 atom stereocenters. The zero-order valence-corrected chi connectivity index (χ0v) is 17.7. The van der Waals surface area contributed by atoms with E-state index in [-0.39, 0.29) is 5.91 Å². The van der Waals surface area contributed by atoms with Gasteiger partial charge in [0.2, 0.25) is 5.91 Å². The maximum atomic E-state index is 13.0. The largest absolute Gasteiger partial charge is 0.325 e. The molecule has 1 unspecified atom stereocenters. The van der Waals surface area contributed by atoms with Gasteiger partial charge < -0.3 is 10.2 Å². The number of carbonyl (C=O) groups is 1. The molecule has 0 radical (unpaired) electrons. The summed E-state index contributed by atoms with van der Waals surface area (Å²) in [6.45, 7) is 3.00. The van der Waals surface area contributed by atoms with Crippen molar-refractivity contribution in [2.75, 3.05) is 19.4 Å². The fourth-order valence-electron chi connectivity index (χ4n) is 3.89. The summed E-state index contributed by atoms with van der Waals surface area (Å²) >= 11 is 0. The van der Waals surface area contributed by atoms with E-state index in [0.717, 1.165) is 41.2 Å². The standard InChI is InChI=1S/C26H27N3O/c1-4-18-12-15-22-23(16-18)28-26(30)24(22)25(20-8-6-5-7-9-20)27-21-13-10-19(11-14-21)17-29(2)3/h5-16,24H,4,17H2,1-3H3,(H,28,30). The van der Waals surface area contributed by atoms with Crippen LogP contribution in [0.5, 0.6) is 0 Å². The normalized spacial score (nSPS) is 15.9. The van der Waals surface area contributed by atoms with Crippen LogP contribution < -0.4 is 5.32 Å². The first-order chi connectivity index (χ1) is 14.5. The Bertz CT molecular complexity index is 1070. The number of nitrogens with one attached hydrogen (secondary N) is 1. The topological polar surface area (TPSA) is 44.7 Å². The van der Waals surface area contributed by atoms with Crippen molar-refractivity contribution in [2.24, 2.45) is 4.99 Å². The summed E-state index contributed by atoms with van der Waals surface area (Å²) in [5.41, 5.74) is 6.92. The second kappa shape index (κ2) is 8.64. The number of rotatable bonds is 6. The average Bonchev–Trinajstić information content (AvgIpc) is 3.08. The molecule has 4 heteroatoms. The first-order valence-electron chi connectivity index (χ1n) is 10.4. The van der Waals surface area contributed by atoms with Gasteiger partial charge in [0.25, 0.3) is 0 Å². The van der Waals surface area contributed by atoms with E-state index in [1.54, 1.807) is 0 Å². The van der Waals surface area contributed by atoms with E-state index < -0.39 is 5.92 Å². The van der Waals surface area contributed by atoms with E-state index in [1.165, 1.54) is 11.1 Å². The third-order valence-electron chi connectivity index (χ3n) is 5.38. The monoisotopic (exact) mass is 397 g/mol. The summed E-state index contributed by atoms with van der Waals surface area (Å²) in [6.07, 6.45) is 0.937. The van der Waals surface area contributed by atoms with Crippen molar-refractivity contribution in [3.05, 3.63) is 95.1 Å². The molecule has 0 saturated heterocycles. The fraction of sp³-hybridized carbons (Fsp3) is 0.231. The van der Waals surface area contributed by atoms with Gasteiger partial charge in [-0.2, -0.15) is 0 Å². The summed E-state index contributed by atoms with van der Waals surface area (Å²) in [6, 6.07) is 24.5. The van der Waals surface area contributed by atoms with Crippen molar-refractivity contribution in [3.8, 4) is 0 Å². The van der Waals surface area contributed by atoms with E-state index >= 15 is 0 Å². The Kier molecular flexibility index (Phi) is 5.77. The fourth-order valence-corrected chi connectivity index (χ4v) is 3.89. The molecule has 0 spiro atoms. The third kappa shape index (κ3) is 4.19. The lowest BCUT2D eigenvalue weighted by Gasteiger charge is -2.14. The summed E-state index contributed by atoms with van der Waals surface area (Å²) in [4.78, 5) is 20.1. The van der Waals surface area contributed by atoms with Crippen molar-refractivity contribution in [2.45, 2.75) is 25.8 Å². The summed E-state index contributed by atoms with van der Waals surface area (Å²) in [5.74, 6) is -0.445. The van der Waals surface area contributed by atoms with E-state index in [2.05, 4.69) is 61.6 Å². The molecule has 152 valence electrons. The Hall–Kier alpha value is -3.24. The minimum Gasteiger partial charge on any atom is -0.325 e. The molecule has 0 saturated carbocycles. The van der Waals surface area contributed by atoms with Gasteiger partial charge in [-0.05, 0) is 61.0 Å². The van der Waals surface area contributed by atoms with Crippen LogP contribution in [-0.2, 0) is 17.8 Å². The Balaban J connectivity index is 1.77. The maximum absolute atomic E-state index is 13.0. The predicted molar refractivity (Wildman–Crippen MR) is 124 cm³/mol. The summed E-state index contributed by atoms with van der Waals surface area (Å²) in [5, 5.41) is 3.06. The highest BCUT2D eigenvalue weighted by molar-refractivity contribution is 6.24.